The number of hydrogen-bond donors (Lipinski definition) is 1. The van der Waals surface area contributed by atoms with Crippen molar-refractivity contribution < 1.29 is 4.42 Å². The predicted molar refractivity (Wildman–Crippen MR) is 104 cm³/mol. The third kappa shape index (κ3) is 4.35. The summed E-state index contributed by atoms with van der Waals surface area (Å²) in [6.45, 7) is 6.34. The summed E-state index contributed by atoms with van der Waals surface area (Å²) in [6.07, 6.45) is 5.69. The fourth-order valence-electron chi connectivity index (χ4n) is 2.80. The molecule has 4 heterocycles. The molecular formula is C19H22N6OS. The van der Waals surface area contributed by atoms with Gasteiger partial charge >= 0.3 is 0 Å². The smallest absolute Gasteiger partial charge is 0.154 e. The van der Waals surface area contributed by atoms with E-state index in [2.05, 4.69) is 32.8 Å². The highest BCUT2D eigenvalue weighted by molar-refractivity contribution is 7.09. The van der Waals surface area contributed by atoms with Crippen LogP contribution in [0.25, 0.3) is 11.5 Å². The number of aromatic nitrogens is 5. The predicted octanol–water partition coefficient (Wildman–Crippen LogP) is 3.66. The average molecular weight is 382 g/mol. The molecule has 7 nitrogen and oxygen atoms in total. The standard InChI is InChI=1S/C19H22N6OS/c1-14(18-13-27-15(2)22-18)20-12-16-4-5-19(26-16)17-6-9-25(23-17)11-10-24-8-3-7-21-24/h3-9,13-14,20H,10-12H2,1-2H3. The van der Waals surface area contributed by atoms with E-state index < -0.39 is 0 Å². The second-order valence-corrected chi connectivity index (χ2v) is 7.46. The van der Waals surface area contributed by atoms with E-state index >= 15 is 0 Å². The van der Waals surface area contributed by atoms with Crippen molar-refractivity contribution >= 4 is 11.3 Å². The largest absolute Gasteiger partial charge is 0.458 e. The van der Waals surface area contributed by atoms with Crippen LogP contribution in [0.4, 0.5) is 0 Å². The van der Waals surface area contributed by atoms with Gasteiger partial charge in [0.1, 0.15) is 11.5 Å². The molecule has 0 amide bonds. The minimum Gasteiger partial charge on any atom is -0.458 e. The number of rotatable bonds is 8. The second kappa shape index (κ2) is 7.89. The monoisotopic (exact) mass is 382 g/mol. The SMILES string of the molecule is Cc1nc(C(C)NCc2ccc(-c3ccn(CCn4cccn4)n3)o2)cs1. The summed E-state index contributed by atoms with van der Waals surface area (Å²) in [7, 11) is 0. The van der Waals surface area contributed by atoms with E-state index in [1.54, 1.807) is 17.5 Å². The zero-order valence-corrected chi connectivity index (χ0v) is 16.2. The third-order valence-electron chi connectivity index (χ3n) is 4.34. The van der Waals surface area contributed by atoms with Crippen LogP contribution in [0.3, 0.4) is 0 Å². The molecule has 4 aromatic heterocycles. The summed E-state index contributed by atoms with van der Waals surface area (Å²) >= 11 is 1.67. The molecule has 0 aromatic carbocycles. The molecule has 0 radical (unpaired) electrons. The fraction of sp³-hybridized carbons (Fsp3) is 0.316. The van der Waals surface area contributed by atoms with Crippen LogP contribution in [0.15, 0.2) is 52.7 Å². The van der Waals surface area contributed by atoms with E-state index in [1.807, 2.05) is 52.9 Å². The molecule has 0 fully saturated rings. The van der Waals surface area contributed by atoms with Gasteiger partial charge in [-0.1, -0.05) is 0 Å². The molecule has 0 saturated carbocycles. The molecule has 0 aliphatic carbocycles. The summed E-state index contributed by atoms with van der Waals surface area (Å²) < 4.78 is 9.75. The van der Waals surface area contributed by atoms with Gasteiger partial charge in [-0.25, -0.2) is 4.98 Å². The second-order valence-electron chi connectivity index (χ2n) is 6.39. The van der Waals surface area contributed by atoms with Crippen LogP contribution < -0.4 is 5.32 Å². The first-order chi connectivity index (χ1) is 13.2. The van der Waals surface area contributed by atoms with Crippen molar-refractivity contribution in [1.82, 2.24) is 29.9 Å². The third-order valence-corrected chi connectivity index (χ3v) is 5.13. The van der Waals surface area contributed by atoms with E-state index in [0.717, 1.165) is 41.0 Å². The van der Waals surface area contributed by atoms with Gasteiger partial charge in [0.25, 0.3) is 0 Å². The highest BCUT2D eigenvalue weighted by Gasteiger charge is 2.11. The average Bonchev–Trinajstić information content (AvgIpc) is 3.45. The molecule has 0 aliphatic rings. The van der Waals surface area contributed by atoms with Crippen molar-refractivity contribution in [2.45, 2.75) is 39.5 Å². The first-order valence-corrected chi connectivity index (χ1v) is 9.81. The number of hydrogen-bond acceptors (Lipinski definition) is 6. The first kappa shape index (κ1) is 17.7. The zero-order chi connectivity index (χ0) is 18.6. The molecule has 1 N–H and O–H groups in total. The maximum atomic E-state index is 5.95. The Hall–Kier alpha value is -2.71. The van der Waals surface area contributed by atoms with Crippen molar-refractivity contribution in [2.75, 3.05) is 0 Å². The van der Waals surface area contributed by atoms with Crippen molar-refractivity contribution in [3.8, 4) is 11.5 Å². The zero-order valence-electron chi connectivity index (χ0n) is 15.4. The maximum Gasteiger partial charge on any atom is 0.154 e. The number of aryl methyl sites for hydroxylation is 3. The lowest BCUT2D eigenvalue weighted by atomic mass is 10.2. The van der Waals surface area contributed by atoms with Crippen molar-refractivity contribution in [3.63, 3.8) is 0 Å². The molecular weight excluding hydrogens is 360 g/mol. The van der Waals surface area contributed by atoms with Crippen LogP contribution in [0.5, 0.6) is 0 Å². The van der Waals surface area contributed by atoms with E-state index in [9.17, 15) is 0 Å². The Labute approximate surface area is 161 Å². The highest BCUT2D eigenvalue weighted by Crippen LogP contribution is 2.21. The number of thiazole rings is 1. The van der Waals surface area contributed by atoms with E-state index in [0.29, 0.717) is 6.54 Å². The molecule has 0 spiro atoms. The van der Waals surface area contributed by atoms with Crippen molar-refractivity contribution in [2.24, 2.45) is 0 Å². The summed E-state index contributed by atoms with van der Waals surface area (Å²) in [5.41, 5.74) is 1.91. The topological polar surface area (TPSA) is 73.7 Å². The Morgan fingerprint density at radius 1 is 1.19 bits per heavy atom. The Bertz CT molecular complexity index is 984. The van der Waals surface area contributed by atoms with Gasteiger partial charge in [0, 0.05) is 30.0 Å². The normalized spacial score (nSPS) is 12.5. The van der Waals surface area contributed by atoms with Crippen molar-refractivity contribution in [3.05, 3.63) is 64.7 Å². The molecule has 4 rings (SSSR count). The van der Waals surface area contributed by atoms with Crippen LogP contribution in [0, 0.1) is 6.92 Å². The first-order valence-electron chi connectivity index (χ1n) is 8.93. The summed E-state index contributed by atoms with van der Waals surface area (Å²) in [6, 6.07) is 8.03. The Kier molecular flexibility index (Phi) is 5.17. The quantitative estimate of drug-likeness (QED) is 0.503. The Balaban J connectivity index is 1.33. The fourth-order valence-corrected chi connectivity index (χ4v) is 3.51. The Morgan fingerprint density at radius 3 is 2.85 bits per heavy atom. The Morgan fingerprint density at radius 2 is 2.07 bits per heavy atom. The van der Waals surface area contributed by atoms with Gasteiger partial charge in [-0.3, -0.25) is 9.36 Å². The van der Waals surface area contributed by atoms with E-state index in [-0.39, 0.29) is 6.04 Å². The number of nitrogens with one attached hydrogen (secondary N) is 1. The van der Waals surface area contributed by atoms with Crippen LogP contribution in [0.1, 0.15) is 29.4 Å². The van der Waals surface area contributed by atoms with Gasteiger partial charge in [-0.2, -0.15) is 10.2 Å². The van der Waals surface area contributed by atoms with Gasteiger partial charge in [0.05, 0.1) is 30.3 Å². The molecule has 1 atom stereocenters. The summed E-state index contributed by atoms with van der Waals surface area (Å²) in [5, 5.41) is 15.4. The van der Waals surface area contributed by atoms with E-state index in [4.69, 9.17) is 4.42 Å². The summed E-state index contributed by atoms with van der Waals surface area (Å²) in [4.78, 5) is 4.52. The van der Waals surface area contributed by atoms with Gasteiger partial charge in [0.2, 0.25) is 0 Å². The molecule has 1 unspecified atom stereocenters. The molecule has 8 heteroatoms. The van der Waals surface area contributed by atoms with Crippen molar-refractivity contribution in [1.29, 1.82) is 0 Å². The van der Waals surface area contributed by atoms with Gasteiger partial charge in [-0.05, 0) is 38.1 Å². The minimum atomic E-state index is 0.185. The highest BCUT2D eigenvalue weighted by atomic mass is 32.1. The lowest BCUT2D eigenvalue weighted by molar-refractivity contribution is 0.462. The van der Waals surface area contributed by atoms with Gasteiger partial charge in [0.15, 0.2) is 5.76 Å². The van der Waals surface area contributed by atoms with E-state index in [1.165, 1.54) is 0 Å². The van der Waals surface area contributed by atoms with Crippen LogP contribution in [0.2, 0.25) is 0 Å². The summed E-state index contributed by atoms with van der Waals surface area (Å²) in [5.74, 6) is 1.66. The van der Waals surface area contributed by atoms with Crippen LogP contribution >= 0.6 is 11.3 Å². The minimum absolute atomic E-state index is 0.185. The van der Waals surface area contributed by atoms with Gasteiger partial charge in [-0.15, -0.1) is 11.3 Å². The van der Waals surface area contributed by atoms with Crippen LogP contribution in [-0.2, 0) is 19.6 Å². The lowest BCUT2D eigenvalue weighted by Crippen LogP contribution is -2.18. The maximum absolute atomic E-state index is 5.95. The number of furan rings is 1. The molecule has 140 valence electrons. The molecule has 0 aliphatic heterocycles. The molecule has 0 bridgehead atoms. The number of nitrogens with zero attached hydrogens (tertiary/aromatic N) is 5. The lowest BCUT2D eigenvalue weighted by Gasteiger charge is -2.09. The molecule has 0 saturated heterocycles. The van der Waals surface area contributed by atoms with Gasteiger partial charge < -0.3 is 9.73 Å². The molecule has 27 heavy (non-hydrogen) atoms. The van der Waals surface area contributed by atoms with Crippen LogP contribution in [-0.4, -0.2) is 24.5 Å². The molecule has 4 aromatic rings.